The maximum absolute atomic E-state index is 11.9. The summed E-state index contributed by atoms with van der Waals surface area (Å²) < 4.78 is 0. The van der Waals surface area contributed by atoms with Gasteiger partial charge in [0, 0.05) is 18.8 Å². The monoisotopic (exact) mass is 262 g/mol. The van der Waals surface area contributed by atoms with Crippen molar-refractivity contribution < 1.29 is 14.7 Å². The standard InChI is InChI=1S/C14H18N2O3/c1-3-8-16(4-2)14(19)15-12-7-5-6-11(9-12)10-13(17)18/h3,5-7,9H,1,4,8,10H2,2H3,(H,15,19)(H,17,18). The highest BCUT2D eigenvalue weighted by atomic mass is 16.4. The third kappa shape index (κ3) is 4.83. The average Bonchev–Trinajstić information content (AvgIpc) is 2.35. The Bertz CT molecular complexity index is 472. The van der Waals surface area contributed by atoms with Crippen molar-refractivity contribution in [2.45, 2.75) is 13.3 Å². The number of carboxylic acids is 1. The van der Waals surface area contributed by atoms with Crippen LogP contribution in [-0.4, -0.2) is 35.1 Å². The second kappa shape index (κ2) is 7.20. The van der Waals surface area contributed by atoms with Crippen LogP contribution in [-0.2, 0) is 11.2 Å². The number of nitrogens with zero attached hydrogens (tertiary/aromatic N) is 1. The summed E-state index contributed by atoms with van der Waals surface area (Å²) in [5.74, 6) is -0.898. The minimum absolute atomic E-state index is 0.0616. The van der Waals surface area contributed by atoms with Gasteiger partial charge in [-0.15, -0.1) is 6.58 Å². The molecule has 102 valence electrons. The molecule has 5 nitrogen and oxygen atoms in total. The zero-order valence-corrected chi connectivity index (χ0v) is 10.9. The molecule has 1 rings (SSSR count). The fourth-order valence-electron chi connectivity index (χ4n) is 1.65. The summed E-state index contributed by atoms with van der Waals surface area (Å²) in [4.78, 5) is 24.1. The average molecular weight is 262 g/mol. The van der Waals surface area contributed by atoms with Crippen molar-refractivity contribution in [3.05, 3.63) is 42.5 Å². The molecule has 0 aromatic heterocycles. The Kier molecular flexibility index (Phi) is 5.60. The molecule has 0 spiro atoms. The number of amides is 2. The van der Waals surface area contributed by atoms with Crippen LogP contribution >= 0.6 is 0 Å². The summed E-state index contributed by atoms with van der Waals surface area (Å²) in [5, 5.41) is 11.5. The van der Waals surface area contributed by atoms with Gasteiger partial charge in [-0.25, -0.2) is 4.79 Å². The first kappa shape index (κ1) is 14.8. The van der Waals surface area contributed by atoms with E-state index < -0.39 is 5.97 Å². The first-order valence-electron chi connectivity index (χ1n) is 6.04. The molecule has 0 atom stereocenters. The van der Waals surface area contributed by atoms with Gasteiger partial charge in [0.15, 0.2) is 0 Å². The number of hydrogen-bond donors (Lipinski definition) is 2. The number of aliphatic carboxylic acids is 1. The molecular formula is C14H18N2O3. The molecule has 2 amide bonds. The van der Waals surface area contributed by atoms with Crippen molar-refractivity contribution in [1.29, 1.82) is 0 Å². The first-order chi connectivity index (χ1) is 9.06. The van der Waals surface area contributed by atoms with Gasteiger partial charge in [0.25, 0.3) is 0 Å². The van der Waals surface area contributed by atoms with E-state index in [1.807, 2.05) is 6.92 Å². The van der Waals surface area contributed by atoms with E-state index in [9.17, 15) is 9.59 Å². The molecule has 0 fully saturated rings. The molecular weight excluding hydrogens is 244 g/mol. The number of nitrogens with one attached hydrogen (secondary N) is 1. The summed E-state index contributed by atoms with van der Waals surface area (Å²) in [5.41, 5.74) is 1.24. The summed E-state index contributed by atoms with van der Waals surface area (Å²) >= 11 is 0. The number of carbonyl (C=O) groups excluding carboxylic acids is 1. The molecule has 0 aliphatic carbocycles. The highest BCUT2D eigenvalue weighted by Crippen LogP contribution is 2.12. The molecule has 1 aromatic rings. The van der Waals surface area contributed by atoms with Gasteiger partial charge in [0.1, 0.15) is 0 Å². The Morgan fingerprint density at radius 3 is 2.79 bits per heavy atom. The maximum atomic E-state index is 11.9. The first-order valence-corrected chi connectivity index (χ1v) is 6.04. The highest BCUT2D eigenvalue weighted by molar-refractivity contribution is 5.89. The fraction of sp³-hybridized carbons (Fsp3) is 0.286. The van der Waals surface area contributed by atoms with E-state index in [-0.39, 0.29) is 12.5 Å². The van der Waals surface area contributed by atoms with Crippen molar-refractivity contribution in [3.8, 4) is 0 Å². The second-order valence-electron chi connectivity index (χ2n) is 4.03. The van der Waals surface area contributed by atoms with Crippen molar-refractivity contribution in [2.75, 3.05) is 18.4 Å². The third-order valence-electron chi connectivity index (χ3n) is 2.55. The Morgan fingerprint density at radius 1 is 1.47 bits per heavy atom. The van der Waals surface area contributed by atoms with Gasteiger partial charge in [-0.2, -0.15) is 0 Å². The highest BCUT2D eigenvalue weighted by Gasteiger charge is 2.10. The lowest BCUT2D eigenvalue weighted by Gasteiger charge is -2.19. The Hall–Kier alpha value is -2.30. The van der Waals surface area contributed by atoms with Crippen LogP contribution in [0, 0.1) is 0 Å². The molecule has 19 heavy (non-hydrogen) atoms. The molecule has 5 heteroatoms. The van der Waals surface area contributed by atoms with Crippen LogP contribution in [0.5, 0.6) is 0 Å². The third-order valence-corrected chi connectivity index (χ3v) is 2.55. The van der Waals surface area contributed by atoms with Gasteiger partial charge in [0.2, 0.25) is 0 Å². The quantitative estimate of drug-likeness (QED) is 0.773. The number of rotatable bonds is 6. The van der Waals surface area contributed by atoms with Crippen molar-refractivity contribution in [1.82, 2.24) is 4.90 Å². The van der Waals surface area contributed by atoms with Crippen LogP contribution in [0.2, 0.25) is 0 Å². The number of hydrogen-bond acceptors (Lipinski definition) is 2. The van der Waals surface area contributed by atoms with Crippen molar-refractivity contribution >= 4 is 17.7 Å². The predicted octanol–water partition coefficient (Wildman–Crippen LogP) is 2.35. The zero-order chi connectivity index (χ0) is 14.3. The van der Waals surface area contributed by atoms with Crippen LogP contribution in [0.1, 0.15) is 12.5 Å². The number of benzene rings is 1. The van der Waals surface area contributed by atoms with E-state index in [0.29, 0.717) is 24.3 Å². The van der Waals surface area contributed by atoms with Gasteiger partial charge < -0.3 is 15.3 Å². The normalized spacial score (nSPS) is 9.74. The fourth-order valence-corrected chi connectivity index (χ4v) is 1.65. The van der Waals surface area contributed by atoms with E-state index in [0.717, 1.165) is 0 Å². The molecule has 0 saturated heterocycles. The minimum Gasteiger partial charge on any atom is -0.481 e. The Labute approximate surface area is 112 Å². The summed E-state index contributed by atoms with van der Waals surface area (Å²) in [6.45, 7) is 6.52. The van der Waals surface area contributed by atoms with Crippen molar-refractivity contribution in [2.24, 2.45) is 0 Å². The summed E-state index contributed by atoms with van der Waals surface area (Å²) in [6, 6.07) is 6.59. The van der Waals surface area contributed by atoms with Gasteiger partial charge in [-0.05, 0) is 24.6 Å². The topological polar surface area (TPSA) is 69.6 Å². The molecule has 0 heterocycles. The number of likely N-dealkylation sites (N-methyl/N-ethyl adjacent to an activating group) is 1. The van der Waals surface area contributed by atoms with E-state index in [1.165, 1.54) is 0 Å². The lowest BCUT2D eigenvalue weighted by molar-refractivity contribution is -0.136. The molecule has 1 aromatic carbocycles. The molecule has 2 N–H and O–H groups in total. The largest absolute Gasteiger partial charge is 0.481 e. The van der Waals surface area contributed by atoms with E-state index in [1.54, 1.807) is 35.2 Å². The van der Waals surface area contributed by atoms with Gasteiger partial charge >= 0.3 is 12.0 Å². The molecule has 0 unspecified atom stereocenters. The SMILES string of the molecule is C=CCN(CC)C(=O)Nc1cccc(CC(=O)O)c1. The van der Waals surface area contributed by atoms with E-state index in [2.05, 4.69) is 11.9 Å². The van der Waals surface area contributed by atoms with Crippen LogP contribution < -0.4 is 5.32 Å². The number of carbonyl (C=O) groups is 2. The van der Waals surface area contributed by atoms with Crippen LogP contribution in [0.4, 0.5) is 10.5 Å². The molecule has 0 bridgehead atoms. The van der Waals surface area contributed by atoms with Gasteiger partial charge in [-0.3, -0.25) is 4.79 Å². The summed E-state index contributed by atoms with van der Waals surface area (Å²) in [7, 11) is 0. The lowest BCUT2D eigenvalue weighted by atomic mass is 10.1. The zero-order valence-electron chi connectivity index (χ0n) is 10.9. The molecule has 0 radical (unpaired) electrons. The van der Waals surface area contributed by atoms with E-state index in [4.69, 9.17) is 5.11 Å². The minimum atomic E-state index is -0.898. The second-order valence-corrected chi connectivity index (χ2v) is 4.03. The Balaban J connectivity index is 2.73. The van der Waals surface area contributed by atoms with Crippen molar-refractivity contribution in [3.63, 3.8) is 0 Å². The van der Waals surface area contributed by atoms with Crippen LogP contribution in [0.25, 0.3) is 0 Å². The number of urea groups is 1. The maximum Gasteiger partial charge on any atom is 0.322 e. The van der Waals surface area contributed by atoms with E-state index >= 15 is 0 Å². The predicted molar refractivity (Wildman–Crippen MR) is 74.2 cm³/mol. The molecule has 0 aliphatic heterocycles. The van der Waals surface area contributed by atoms with Gasteiger partial charge in [-0.1, -0.05) is 18.2 Å². The molecule has 0 saturated carbocycles. The lowest BCUT2D eigenvalue weighted by Crippen LogP contribution is -2.34. The van der Waals surface area contributed by atoms with Crippen LogP contribution in [0.3, 0.4) is 0 Å². The number of carboxylic acid groups (broad SMARTS) is 1. The van der Waals surface area contributed by atoms with Gasteiger partial charge in [0.05, 0.1) is 6.42 Å². The Morgan fingerprint density at radius 2 is 2.21 bits per heavy atom. The smallest absolute Gasteiger partial charge is 0.322 e. The molecule has 0 aliphatic rings. The summed E-state index contributed by atoms with van der Waals surface area (Å²) in [6.07, 6.45) is 1.60. The number of anilines is 1. The van der Waals surface area contributed by atoms with Crippen LogP contribution in [0.15, 0.2) is 36.9 Å².